The lowest BCUT2D eigenvalue weighted by Gasteiger charge is -2.36. The highest BCUT2D eigenvalue weighted by molar-refractivity contribution is 5.94. The zero-order valence-corrected chi connectivity index (χ0v) is 23.5. The highest BCUT2D eigenvalue weighted by Crippen LogP contribution is 2.31. The molecule has 0 bridgehead atoms. The highest BCUT2D eigenvalue weighted by atomic mass is 35.5. The molecule has 206 valence electrons. The Kier molecular flexibility index (Phi) is 10.5. The Hall–Kier alpha value is -2.65. The summed E-state index contributed by atoms with van der Waals surface area (Å²) in [5, 5.41) is 11.8. The summed E-state index contributed by atoms with van der Waals surface area (Å²) < 4.78 is 0. The maximum absolute atomic E-state index is 13.9. The standard InChI is InChI=1S/C27H41N5O4.ClH/c1-16(28-6)24(34)31-23(27(3,4)5)26(36)32-15-19(29-17(2)33)14-22(32)25(35)30-21-13-9-11-18-10-7-8-12-20(18)21;/h7-8,10,12,16,19,21-23,28H,9,11,13-15H2,1-6H3,(H,29,33)(H,30,35)(H,31,34);1H/t16-,19-,21+,22-,23+;/m0./s1. The van der Waals surface area contributed by atoms with Gasteiger partial charge in [-0.3, -0.25) is 19.2 Å². The Morgan fingerprint density at radius 1 is 1.08 bits per heavy atom. The van der Waals surface area contributed by atoms with Gasteiger partial charge in [0.1, 0.15) is 12.1 Å². The molecule has 0 radical (unpaired) electrons. The molecule has 2 aliphatic rings. The number of fused-ring (bicyclic) bond motifs is 1. The Labute approximate surface area is 226 Å². The molecule has 1 heterocycles. The molecule has 3 rings (SSSR count). The van der Waals surface area contributed by atoms with Crippen molar-refractivity contribution in [2.75, 3.05) is 13.6 Å². The number of hydrogen-bond donors (Lipinski definition) is 4. The maximum atomic E-state index is 13.9. The minimum Gasteiger partial charge on any atom is -0.352 e. The Morgan fingerprint density at radius 3 is 2.38 bits per heavy atom. The van der Waals surface area contributed by atoms with Gasteiger partial charge in [-0.1, -0.05) is 45.0 Å². The van der Waals surface area contributed by atoms with Crippen LogP contribution in [0.4, 0.5) is 0 Å². The molecule has 0 spiro atoms. The molecule has 1 aromatic rings. The van der Waals surface area contributed by atoms with E-state index in [-0.39, 0.29) is 54.7 Å². The van der Waals surface area contributed by atoms with Crippen LogP contribution in [0.25, 0.3) is 0 Å². The summed E-state index contributed by atoms with van der Waals surface area (Å²) in [6, 6.07) is 5.62. The first-order valence-electron chi connectivity index (χ1n) is 12.9. The minimum absolute atomic E-state index is 0. The normalized spacial score (nSPS) is 22.6. The summed E-state index contributed by atoms with van der Waals surface area (Å²) in [7, 11) is 1.68. The largest absolute Gasteiger partial charge is 0.352 e. The van der Waals surface area contributed by atoms with Gasteiger partial charge in [0.05, 0.1) is 12.1 Å². The van der Waals surface area contributed by atoms with Crippen LogP contribution < -0.4 is 21.3 Å². The second kappa shape index (κ2) is 12.7. The SMILES string of the molecule is CN[C@@H](C)C(=O)N[C@H](C(=O)N1C[C@@H](NC(C)=O)C[C@H]1C(=O)N[C@@H]1CCCc2ccccc21)C(C)(C)C.Cl. The van der Waals surface area contributed by atoms with E-state index in [9.17, 15) is 19.2 Å². The number of nitrogens with zero attached hydrogens (tertiary/aromatic N) is 1. The monoisotopic (exact) mass is 535 g/mol. The average molecular weight is 536 g/mol. The lowest BCUT2D eigenvalue weighted by molar-refractivity contribution is -0.144. The topological polar surface area (TPSA) is 120 Å². The Morgan fingerprint density at radius 2 is 1.76 bits per heavy atom. The molecule has 0 unspecified atom stereocenters. The number of halogens is 1. The van der Waals surface area contributed by atoms with Crippen LogP contribution in [-0.4, -0.2) is 66.3 Å². The number of likely N-dealkylation sites (tertiary alicyclic amines) is 1. The number of amides is 4. The van der Waals surface area contributed by atoms with E-state index in [0.29, 0.717) is 6.42 Å². The van der Waals surface area contributed by atoms with E-state index in [1.54, 1.807) is 14.0 Å². The van der Waals surface area contributed by atoms with Gasteiger partial charge < -0.3 is 26.2 Å². The molecule has 1 fully saturated rings. The van der Waals surface area contributed by atoms with E-state index < -0.39 is 23.5 Å². The first-order chi connectivity index (χ1) is 16.9. The van der Waals surface area contributed by atoms with E-state index in [1.807, 2.05) is 39.0 Å². The number of likely N-dealkylation sites (N-methyl/N-ethyl adjacent to an activating group) is 1. The average Bonchev–Trinajstić information content (AvgIpc) is 3.24. The second-order valence-electron chi connectivity index (χ2n) is 11.1. The number of nitrogens with one attached hydrogen (secondary N) is 4. The zero-order chi connectivity index (χ0) is 26.6. The summed E-state index contributed by atoms with van der Waals surface area (Å²) in [5.41, 5.74) is 1.77. The third-order valence-corrected chi connectivity index (χ3v) is 7.21. The summed E-state index contributed by atoms with van der Waals surface area (Å²) in [6.07, 6.45) is 3.12. The third kappa shape index (κ3) is 7.45. The molecule has 10 heteroatoms. The number of benzene rings is 1. The lowest BCUT2D eigenvalue weighted by Crippen LogP contribution is -2.59. The molecular formula is C27H42ClN5O4. The number of rotatable bonds is 7. The number of aryl methyl sites for hydroxylation is 1. The van der Waals surface area contributed by atoms with Crippen molar-refractivity contribution >= 4 is 36.0 Å². The van der Waals surface area contributed by atoms with Gasteiger partial charge in [0, 0.05) is 19.5 Å². The molecule has 4 N–H and O–H groups in total. The summed E-state index contributed by atoms with van der Waals surface area (Å²) >= 11 is 0. The van der Waals surface area contributed by atoms with E-state index in [4.69, 9.17) is 0 Å². The van der Waals surface area contributed by atoms with Crippen molar-refractivity contribution in [3.63, 3.8) is 0 Å². The predicted molar refractivity (Wildman–Crippen MR) is 145 cm³/mol. The van der Waals surface area contributed by atoms with Crippen LogP contribution in [-0.2, 0) is 25.6 Å². The number of carbonyl (C=O) groups is 4. The van der Waals surface area contributed by atoms with Gasteiger partial charge in [-0.2, -0.15) is 0 Å². The van der Waals surface area contributed by atoms with Crippen LogP contribution >= 0.6 is 12.4 Å². The quantitative estimate of drug-likeness (QED) is 0.425. The molecule has 9 nitrogen and oxygen atoms in total. The van der Waals surface area contributed by atoms with E-state index in [2.05, 4.69) is 27.3 Å². The molecular weight excluding hydrogens is 494 g/mol. The van der Waals surface area contributed by atoms with Gasteiger partial charge >= 0.3 is 0 Å². The summed E-state index contributed by atoms with van der Waals surface area (Å²) in [6.45, 7) is 9.01. The van der Waals surface area contributed by atoms with Crippen molar-refractivity contribution < 1.29 is 19.2 Å². The molecule has 0 saturated carbocycles. The van der Waals surface area contributed by atoms with E-state index in [0.717, 1.165) is 24.8 Å². The highest BCUT2D eigenvalue weighted by Gasteiger charge is 2.45. The van der Waals surface area contributed by atoms with Gasteiger partial charge in [0.2, 0.25) is 23.6 Å². The molecule has 37 heavy (non-hydrogen) atoms. The summed E-state index contributed by atoms with van der Waals surface area (Å²) in [5.74, 6) is -1.06. The lowest BCUT2D eigenvalue weighted by atomic mass is 9.85. The summed E-state index contributed by atoms with van der Waals surface area (Å²) in [4.78, 5) is 53.5. The van der Waals surface area contributed by atoms with Crippen LogP contribution in [0.15, 0.2) is 24.3 Å². The first-order valence-corrected chi connectivity index (χ1v) is 12.9. The third-order valence-electron chi connectivity index (χ3n) is 7.21. The van der Waals surface area contributed by atoms with Crippen LogP contribution in [0.5, 0.6) is 0 Å². The molecule has 1 saturated heterocycles. The van der Waals surface area contributed by atoms with Crippen molar-refractivity contribution in [3.8, 4) is 0 Å². The van der Waals surface area contributed by atoms with Crippen molar-refractivity contribution in [3.05, 3.63) is 35.4 Å². The number of carbonyl (C=O) groups excluding carboxylic acids is 4. The Bertz CT molecular complexity index is 995. The van der Waals surface area contributed by atoms with Gasteiger partial charge in [-0.15, -0.1) is 12.4 Å². The van der Waals surface area contributed by atoms with Crippen LogP contribution in [0.2, 0.25) is 0 Å². The fourth-order valence-corrected chi connectivity index (χ4v) is 5.10. The van der Waals surface area contributed by atoms with Gasteiger partial charge in [-0.25, -0.2) is 0 Å². The van der Waals surface area contributed by atoms with Crippen molar-refractivity contribution in [1.29, 1.82) is 0 Å². The van der Waals surface area contributed by atoms with Crippen LogP contribution in [0.3, 0.4) is 0 Å². The van der Waals surface area contributed by atoms with Crippen LogP contribution in [0.1, 0.15) is 71.0 Å². The maximum Gasteiger partial charge on any atom is 0.246 e. The minimum atomic E-state index is -0.831. The van der Waals surface area contributed by atoms with E-state index >= 15 is 0 Å². The fourth-order valence-electron chi connectivity index (χ4n) is 5.10. The zero-order valence-electron chi connectivity index (χ0n) is 22.7. The molecule has 1 aliphatic carbocycles. The Balaban J connectivity index is 0.00000481. The van der Waals surface area contributed by atoms with Gasteiger partial charge in [0.15, 0.2) is 0 Å². The van der Waals surface area contributed by atoms with Gasteiger partial charge in [0.25, 0.3) is 0 Å². The number of hydrogen-bond acceptors (Lipinski definition) is 5. The first kappa shape index (κ1) is 30.6. The van der Waals surface area contributed by atoms with Gasteiger partial charge in [-0.05, 0) is 56.2 Å². The predicted octanol–water partition coefficient (Wildman–Crippen LogP) is 1.85. The van der Waals surface area contributed by atoms with E-state index in [1.165, 1.54) is 17.4 Å². The van der Waals surface area contributed by atoms with Crippen molar-refractivity contribution in [2.24, 2.45) is 5.41 Å². The fraction of sp³-hybridized carbons (Fsp3) is 0.630. The molecule has 4 amide bonds. The molecule has 5 atom stereocenters. The molecule has 0 aromatic heterocycles. The molecule has 1 aromatic carbocycles. The van der Waals surface area contributed by atoms with Crippen molar-refractivity contribution in [2.45, 2.75) is 90.5 Å². The smallest absolute Gasteiger partial charge is 0.246 e. The van der Waals surface area contributed by atoms with Crippen LogP contribution in [0, 0.1) is 5.41 Å². The van der Waals surface area contributed by atoms with Crippen molar-refractivity contribution in [1.82, 2.24) is 26.2 Å². The molecule has 1 aliphatic heterocycles. The second-order valence-corrected chi connectivity index (χ2v) is 11.1.